The summed E-state index contributed by atoms with van der Waals surface area (Å²) in [6.07, 6.45) is 0. The largest absolute Gasteiger partial charge is 0.308 e. The molecule has 1 aromatic heterocycles. The van der Waals surface area contributed by atoms with Crippen LogP contribution in [0, 0.1) is 0 Å². The highest BCUT2D eigenvalue weighted by Gasteiger charge is 2.34. The third-order valence-corrected chi connectivity index (χ3v) is 5.38. The fourth-order valence-electron chi connectivity index (χ4n) is 3.64. The first-order chi connectivity index (χ1) is 12.1. The fraction of sp³-hybridized carbons (Fsp3) is 0. The minimum Gasteiger partial charge on any atom is -0.308 e. The monoisotopic (exact) mass is 407 g/mol. The minimum atomic E-state index is 0.0590. The molecule has 4 heteroatoms. The van der Waals surface area contributed by atoms with Gasteiger partial charge in [-0.3, -0.25) is 4.79 Å². The van der Waals surface area contributed by atoms with E-state index in [2.05, 4.69) is 26.6 Å². The van der Waals surface area contributed by atoms with Crippen molar-refractivity contribution in [1.82, 2.24) is 4.57 Å². The molecule has 0 spiro atoms. The molecule has 0 N–H and O–H groups in total. The third kappa shape index (κ3) is 2.06. The second-order valence-electron chi connectivity index (χ2n) is 6.08. The molecule has 0 saturated carbocycles. The molecule has 0 bridgehead atoms. The van der Waals surface area contributed by atoms with E-state index in [9.17, 15) is 4.79 Å². The van der Waals surface area contributed by atoms with Gasteiger partial charge in [-0.2, -0.15) is 0 Å². The second kappa shape index (κ2) is 5.32. The van der Waals surface area contributed by atoms with Gasteiger partial charge in [0.05, 0.1) is 16.8 Å². The van der Waals surface area contributed by atoms with Gasteiger partial charge in [0.15, 0.2) is 5.78 Å². The van der Waals surface area contributed by atoms with Gasteiger partial charge >= 0.3 is 0 Å². The zero-order valence-corrected chi connectivity index (χ0v) is 15.3. The third-order valence-electron chi connectivity index (χ3n) is 4.65. The molecule has 5 rings (SSSR count). The lowest BCUT2D eigenvalue weighted by Gasteiger charge is -2.11. The van der Waals surface area contributed by atoms with Crippen molar-refractivity contribution in [1.29, 1.82) is 0 Å². The number of aromatic nitrogens is 1. The van der Waals surface area contributed by atoms with Gasteiger partial charge in [0, 0.05) is 31.7 Å². The van der Waals surface area contributed by atoms with Crippen molar-refractivity contribution >= 4 is 44.2 Å². The lowest BCUT2D eigenvalue weighted by molar-refractivity contribution is 0.104. The predicted molar refractivity (Wildman–Crippen MR) is 105 cm³/mol. The Morgan fingerprint density at radius 1 is 0.880 bits per heavy atom. The van der Waals surface area contributed by atoms with Gasteiger partial charge in [-0.25, -0.2) is 0 Å². The van der Waals surface area contributed by atoms with Crippen molar-refractivity contribution in [2.75, 3.05) is 0 Å². The van der Waals surface area contributed by atoms with E-state index in [0.29, 0.717) is 10.6 Å². The number of benzene rings is 3. The predicted octanol–water partition coefficient (Wildman–Crippen LogP) is 6.26. The van der Waals surface area contributed by atoms with Crippen molar-refractivity contribution in [2.45, 2.75) is 0 Å². The molecule has 0 atom stereocenters. The Balaban J connectivity index is 1.99. The lowest BCUT2D eigenvalue weighted by Crippen LogP contribution is -1.97. The average Bonchev–Trinajstić information content (AvgIpc) is 3.09. The fourth-order valence-corrected chi connectivity index (χ4v) is 4.16. The highest BCUT2D eigenvalue weighted by Crippen LogP contribution is 2.45. The lowest BCUT2D eigenvalue weighted by atomic mass is 10.1. The number of para-hydroxylation sites is 1. The number of hydrogen-bond donors (Lipinski definition) is 0. The van der Waals surface area contributed by atoms with Crippen molar-refractivity contribution in [3.8, 4) is 16.9 Å². The second-order valence-corrected chi connectivity index (χ2v) is 7.43. The summed E-state index contributed by atoms with van der Waals surface area (Å²) in [4.78, 5) is 13.1. The summed E-state index contributed by atoms with van der Waals surface area (Å²) in [7, 11) is 0. The van der Waals surface area contributed by atoms with Crippen LogP contribution in [0.2, 0.25) is 5.02 Å². The zero-order valence-electron chi connectivity index (χ0n) is 13.0. The van der Waals surface area contributed by atoms with Crippen LogP contribution in [-0.4, -0.2) is 10.4 Å². The van der Waals surface area contributed by atoms with E-state index in [0.717, 1.165) is 37.9 Å². The molecule has 0 radical (unpaired) electrons. The topological polar surface area (TPSA) is 22.0 Å². The van der Waals surface area contributed by atoms with Gasteiger partial charge in [0.25, 0.3) is 0 Å². The van der Waals surface area contributed by atoms with Crippen molar-refractivity contribution in [2.24, 2.45) is 0 Å². The van der Waals surface area contributed by atoms with Crippen LogP contribution in [0.4, 0.5) is 0 Å². The molecule has 25 heavy (non-hydrogen) atoms. The molecule has 1 heterocycles. The van der Waals surface area contributed by atoms with E-state index in [4.69, 9.17) is 11.6 Å². The number of rotatable bonds is 1. The number of nitrogens with zero attached hydrogens (tertiary/aromatic N) is 1. The van der Waals surface area contributed by atoms with Crippen LogP contribution in [0.25, 0.3) is 27.8 Å². The van der Waals surface area contributed by atoms with Gasteiger partial charge in [0.2, 0.25) is 0 Å². The van der Waals surface area contributed by atoms with E-state index in [-0.39, 0.29) is 5.78 Å². The first kappa shape index (κ1) is 14.9. The minimum absolute atomic E-state index is 0.0590. The van der Waals surface area contributed by atoms with Gasteiger partial charge in [0.1, 0.15) is 0 Å². The summed E-state index contributed by atoms with van der Waals surface area (Å²) in [6.45, 7) is 0. The van der Waals surface area contributed by atoms with Crippen LogP contribution in [0.1, 0.15) is 15.9 Å². The maximum Gasteiger partial charge on any atom is 0.196 e. The number of halogens is 2. The van der Waals surface area contributed by atoms with E-state index < -0.39 is 0 Å². The summed E-state index contributed by atoms with van der Waals surface area (Å²) >= 11 is 9.78. The Labute approximate surface area is 157 Å². The highest BCUT2D eigenvalue weighted by atomic mass is 79.9. The first-order valence-electron chi connectivity index (χ1n) is 7.89. The van der Waals surface area contributed by atoms with Crippen LogP contribution < -0.4 is 0 Å². The van der Waals surface area contributed by atoms with E-state index in [1.54, 1.807) is 6.07 Å². The Kier molecular flexibility index (Phi) is 3.18. The molecule has 0 aliphatic heterocycles. The van der Waals surface area contributed by atoms with Crippen LogP contribution in [-0.2, 0) is 0 Å². The average molecular weight is 409 g/mol. The van der Waals surface area contributed by atoms with Crippen LogP contribution >= 0.6 is 27.5 Å². The van der Waals surface area contributed by atoms with Crippen molar-refractivity contribution < 1.29 is 4.79 Å². The number of fused-ring (bicyclic) bond motifs is 5. The van der Waals surface area contributed by atoms with Gasteiger partial charge in [-0.05, 0) is 42.5 Å². The van der Waals surface area contributed by atoms with Crippen LogP contribution in [0.5, 0.6) is 0 Å². The standard InChI is InChI=1S/C21H11BrClNO/c22-12-6-8-16-18(10-12)24(14-4-2-1-3-5-14)20-17-11-13(23)7-9-15(17)21(25)19(16)20/h1-11H. The molecule has 1 aliphatic carbocycles. The van der Waals surface area contributed by atoms with Crippen LogP contribution in [0.15, 0.2) is 71.2 Å². The number of carbonyl (C=O) groups excluding carboxylic acids is 1. The normalized spacial score (nSPS) is 12.5. The van der Waals surface area contributed by atoms with E-state index in [1.165, 1.54) is 0 Å². The smallest absolute Gasteiger partial charge is 0.196 e. The number of ketones is 1. The van der Waals surface area contributed by atoms with Crippen molar-refractivity contribution in [3.63, 3.8) is 0 Å². The van der Waals surface area contributed by atoms with Gasteiger partial charge in [-0.1, -0.05) is 51.8 Å². The highest BCUT2D eigenvalue weighted by molar-refractivity contribution is 9.10. The summed E-state index contributed by atoms with van der Waals surface area (Å²) in [5.74, 6) is 0.0590. The molecule has 3 aromatic carbocycles. The zero-order chi connectivity index (χ0) is 17.1. The molecule has 0 unspecified atom stereocenters. The SMILES string of the molecule is O=C1c2ccc(Cl)cc2-c2c1c1ccc(Br)cc1n2-c1ccccc1. The molecular weight excluding hydrogens is 398 g/mol. The Morgan fingerprint density at radius 3 is 2.48 bits per heavy atom. The molecule has 120 valence electrons. The summed E-state index contributed by atoms with van der Waals surface area (Å²) in [5.41, 5.74) is 5.30. The Bertz CT molecular complexity index is 1180. The molecule has 0 saturated heterocycles. The van der Waals surface area contributed by atoms with Crippen LogP contribution in [0.3, 0.4) is 0 Å². The van der Waals surface area contributed by atoms with Gasteiger partial charge in [-0.15, -0.1) is 0 Å². The van der Waals surface area contributed by atoms with Gasteiger partial charge < -0.3 is 4.57 Å². The summed E-state index contributed by atoms with van der Waals surface area (Å²) in [5, 5.41) is 1.59. The van der Waals surface area contributed by atoms with Crippen molar-refractivity contribution in [3.05, 3.63) is 87.4 Å². The quantitative estimate of drug-likeness (QED) is 0.321. The molecule has 0 fully saturated rings. The summed E-state index contributed by atoms with van der Waals surface area (Å²) in [6, 6.07) is 21.6. The van der Waals surface area contributed by atoms with E-state index in [1.807, 2.05) is 54.6 Å². The molecular formula is C21H11BrClNO. The Morgan fingerprint density at radius 2 is 1.68 bits per heavy atom. The first-order valence-corrected chi connectivity index (χ1v) is 9.06. The molecule has 1 aliphatic rings. The number of hydrogen-bond acceptors (Lipinski definition) is 1. The Hall–Kier alpha value is -2.36. The molecule has 0 amide bonds. The van der Waals surface area contributed by atoms with E-state index >= 15 is 0 Å². The maximum absolute atomic E-state index is 13.1. The molecule has 4 aromatic rings. The number of carbonyl (C=O) groups is 1. The summed E-state index contributed by atoms with van der Waals surface area (Å²) < 4.78 is 3.13. The maximum atomic E-state index is 13.1. The molecule has 2 nitrogen and oxygen atoms in total.